The molecule has 0 aliphatic carbocycles. The number of nitrogens with two attached hydrogens (primary N) is 1. The minimum absolute atomic E-state index is 0.335. The Kier molecular flexibility index (Phi) is 4.28. The topological polar surface area (TPSA) is 48.1 Å². The summed E-state index contributed by atoms with van der Waals surface area (Å²) in [4.78, 5) is 4.47. The minimum atomic E-state index is 0.335. The molecule has 0 radical (unpaired) electrons. The zero-order valence-corrected chi connectivity index (χ0v) is 11.9. The molecular formula is C13H11BrN2OS. The first kappa shape index (κ1) is 13.0. The predicted octanol–water partition coefficient (Wildman–Crippen LogP) is 3.06. The molecule has 0 fully saturated rings. The summed E-state index contributed by atoms with van der Waals surface area (Å²) >= 11 is 8.24. The average molecular weight is 323 g/mol. The lowest BCUT2D eigenvalue weighted by Crippen LogP contribution is -2.09. The van der Waals surface area contributed by atoms with Gasteiger partial charge in [-0.15, -0.1) is 0 Å². The van der Waals surface area contributed by atoms with Crippen LogP contribution in [0.2, 0.25) is 0 Å². The standard InChI is InChI=1S/C13H11BrN2OS/c14-11-4-1-9(2-5-11)8-17-12-6-3-10(7-16-12)13(15)18/h1-7H,8H2,(H2,15,18). The van der Waals surface area contributed by atoms with E-state index in [-0.39, 0.29) is 0 Å². The molecule has 0 aliphatic rings. The van der Waals surface area contributed by atoms with E-state index in [1.807, 2.05) is 24.3 Å². The third-order valence-electron chi connectivity index (χ3n) is 2.32. The molecule has 0 saturated carbocycles. The van der Waals surface area contributed by atoms with Gasteiger partial charge < -0.3 is 10.5 Å². The summed E-state index contributed by atoms with van der Waals surface area (Å²) in [5.41, 5.74) is 7.31. The second-order valence-electron chi connectivity index (χ2n) is 3.66. The lowest BCUT2D eigenvalue weighted by atomic mass is 10.2. The maximum absolute atomic E-state index is 5.56. The number of pyridine rings is 1. The first-order chi connectivity index (χ1) is 8.65. The molecule has 0 saturated heterocycles. The van der Waals surface area contributed by atoms with Crippen molar-refractivity contribution in [2.45, 2.75) is 6.61 Å². The summed E-state index contributed by atoms with van der Waals surface area (Å²) < 4.78 is 6.60. The van der Waals surface area contributed by atoms with Gasteiger partial charge in [0.1, 0.15) is 11.6 Å². The van der Waals surface area contributed by atoms with Crippen LogP contribution in [0, 0.1) is 0 Å². The number of nitrogens with zero attached hydrogens (tertiary/aromatic N) is 1. The fourth-order valence-electron chi connectivity index (χ4n) is 1.35. The highest BCUT2D eigenvalue weighted by atomic mass is 79.9. The van der Waals surface area contributed by atoms with E-state index in [0.717, 1.165) is 15.6 Å². The second-order valence-corrected chi connectivity index (χ2v) is 5.02. The lowest BCUT2D eigenvalue weighted by Gasteiger charge is -2.06. The van der Waals surface area contributed by atoms with Gasteiger partial charge in [-0.2, -0.15) is 0 Å². The van der Waals surface area contributed by atoms with E-state index in [0.29, 0.717) is 17.5 Å². The third kappa shape index (κ3) is 3.51. The summed E-state index contributed by atoms with van der Waals surface area (Å²) in [6.45, 7) is 0.479. The van der Waals surface area contributed by atoms with Crippen LogP contribution in [0.1, 0.15) is 11.1 Å². The van der Waals surface area contributed by atoms with Crippen LogP contribution in [0.4, 0.5) is 0 Å². The maximum Gasteiger partial charge on any atom is 0.213 e. The SMILES string of the molecule is NC(=S)c1ccc(OCc2ccc(Br)cc2)nc1. The van der Waals surface area contributed by atoms with Crippen molar-refractivity contribution in [3.63, 3.8) is 0 Å². The van der Waals surface area contributed by atoms with Gasteiger partial charge in [0.05, 0.1) is 0 Å². The van der Waals surface area contributed by atoms with Crippen LogP contribution in [0.15, 0.2) is 47.1 Å². The number of hydrogen-bond donors (Lipinski definition) is 1. The number of thiocarbonyl (C=S) groups is 1. The molecule has 0 bridgehead atoms. The van der Waals surface area contributed by atoms with Crippen LogP contribution >= 0.6 is 28.1 Å². The van der Waals surface area contributed by atoms with Crippen LogP contribution in [-0.2, 0) is 6.61 Å². The first-order valence-corrected chi connectivity index (χ1v) is 6.48. The summed E-state index contributed by atoms with van der Waals surface area (Å²) in [6.07, 6.45) is 1.61. The highest BCUT2D eigenvalue weighted by Crippen LogP contribution is 2.13. The van der Waals surface area contributed by atoms with Crippen molar-refractivity contribution in [2.75, 3.05) is 0 Å². The summed E-state index contributed by atoms with van der Waals surface area (Å²) in [6, 6.07) is 11.5. The number of ether oxygens (including phenoxy) is 1. The van der Waals surface area contributed by atoms with Gasteiger partial charge >= 0.3 is 0 Å². The van der Waals surface area contributed by atoms with E-state index in [1.165, 1.54) is 0 Å². The van der Waals surface area contributed by atoms with Crippen molar-refractivity contribution >= 4 is 33.1 Å². The molecule has 0 unspecified atom stereocenters. The molecule has 0 spiro atoms. The number of halogens is 1. The molecule has 5 heteroatoms. The Morgan fingerprint density at radius 1 is 1.22 bits per heavy atom. The zero-order chi connectivity index (χ0) is 13.0. The maximum atomic E-state index is 5.56. The predicted molar refractivity (Wildman–Crippen MR) is 78.6 cm³/mol. The largest absolute Gasteiger partial charge is 0.473 e. The van der Waals surface area contributed by atoms with Gasteiger partial charge in [0, 0.05) is 22.3 Å². The van der Waals surface area contributed by atoms with Crippen molar-refractivity contribution in [3.8, 4) is 5.88 Å². The van der Waals surface area contributed by atoms with E-state index in [4.69, 9.17) is 22.7 Å². The number of hydrogen-bond acceptors (Lipinski definition) is 3. The molecule has 18 heavy (non-hydrogen) atoms. The summed E-state index contributed by atoms with van der Waals surface area (Å²) in [5.74, 6) is 0.554. The Morgan fingerprint density at radius 3 is 2.50 bits per heavy atom. The van der Waals surface area contributed by atoms with Crippen molar-refractivity contribution in [1.29, 1.82) is 0 Å². The van der Waals surface area contributed by atoms with Gasteiger partial charge in [0.25, 0.3) is 0 Å². The zero-order valence-electron chi connectivity index (χ0n) is 9.47. The Balaban J connectivity index is 1.97. The Morgan fingerprint density at radius 2 is 1.94 bits per heavy atom. The molecule has 92 valence electrons. The number of aromatic nitrogens is 1. The molecule has 0 atom stereocenters. The van der Waals surface area contributed by atoms with Crippen molar-refractivity contribution in [3.05, 3.63) is 58.2 Å². The van der Waals surface area contributed by atoms with E-state index < -0.39 is 0 Å². The van der Waals surface area contributed by atoms with E-state index in [2.05, 4.69) is 20.9 Å². The van der Waals surface area contributed by atoms with Gasteiger partial charge in [-0.25, -0.2) is 4.98 Å². The van der Waals surface area contributed by atoms with Crippen molar-refractivity contribution in [1.82, 2.24) is 4.98 Å². The number of benzene rings is 1. The van der Waals surface area contributed by atoms with Gasteiger partial charge in [-0.3, -0.25) is 0 Å². The summed E-state index contributed by atoms with van der Waals surface area (Å²) in [5, 5.41) is 0. The van der Waals surface area contributed by atoms with Crippen LogP contribution < -0.4 is 10.5 Å². The van der Waals surface area contributed by atoms with Crippen LogP contribution in [-0.4, -0.2) is 9.97 Å². The second kappa shape index (κ2) is 5.93. The van der Waals surface area contributed by atoms with Crippen molar-refractivity contribution < 1.29 is 4.74 Å². The van der Waals surface area contributed by atoms with Gasteiger partial charge in [-0.05, 0) is 23.8 Å². The smallest absolute Gasteiger partial charge is 0.213 e. The van der Waals surface area contributed by atoms with E-state index >= 15 is 0 Å². The fourth-order valence-corrected chi connectivity index (χ4v) is 1.73. The quantitative estimate of drug-likeness (QED) is 0.879. The van der Waals surface area contributed by atoms with Gasteiger partial charge in [0.2, 0.25) is 5.88 Å². The Labute approximate surface area is 119 Å². The average Bonchev–Trinajstić information content (AvgIpc) is 2.38. The normalized spacial score (nSPS) is 10.1. The molecule has 3 nitrogen and oxygen atoms in total. The number of rotatable bonds is 4. The molecule has 0 aliphatic heterocycles. The molecule has 2 aromatic rings. The third-order valence-corrected chi connectivity index (χ3v) is 3.09. The van der Waals surface area contributed by atoms with Gasteiger partial charge in [-0.1, -0.05) is 40.3 Å². The monoisotopic (exact) mass is 322 g/mol. The first-order valence-electron chi connectivity index (χ1n) is 5.28. The van der Waals surface area contributed by atoms with E-state index in [9.17, 15) is 0 Å². The lowest BCUT2D eigenvalue weighted by molar-refractivity contribution is 0.294. The summed E-state index contributed by atoms with van der Waals surface area (Å²) in [7, 11) is 0. The molecule has 1 aromatic carbocycles. The minimum Gasteiger partial charge on any atom is -0.473 e. The molecule has 0 amide bonds. The molecule has 2 rings (SSSR count). The highest BCUT2D eigenvalue weighted by Gasteiger charge is 2.00. The highest BCUT2D eigenvalue weighted by molar-refractivity contribution is 9.10. The molecule has 2 N–H and O–H groups in total. The molecule has 1 heterocycles. The molecular weight excluding hydrogens is 312 g/mol. The fraction of sp³-hybridized carbons (Fsp3) is 0.0769. The van der Waals surface area contributed by atoms with Gasteiger partial charge in [0.15, 0.2) is 0 Å². The Bertz CT molecular complexity index is 540. The van der Waals surface area contributed by atoms with E-state index in [1.54, 1.807) is 18.3 Å². The van der Waals surface area contributed by atoms with Crippen LogP contribution in [0.25, 0.3) is 0 Å². The molecule has 1 aromatic heterocycles. The van der Waals surface area contributed by atoms with Crippen molar-refractivity contribution in [2.24, 2.45) is 5.73 Å². The van der Waals surface area contributed by atoms with Crippen LogP contribution in [0.5, 0.6) is 5.88 Å². The van der Waals surface area contributed by atoms with Crippen LogP contribution in [0.3, 0.4) is 0 Å². The Hall–Kier alpha value is -1.46.